The number of rotatable bonds is 10. The summed E-state index contributed by atoms with van der Waals surface area (Å²) in [7, 11) is 3.37. The third kappa shape index (κ3) is 5.74. The minimum Gasteiger partial charge on any atom is -0.506 e. The summed E-state index contributed by atoms with van der Waals surface area (Å²) in [5.41, 5.74) is 5.05. The molecule has 0 amide bonds. The Kier molecular flexibility index (Phi) is 8.21. The number of methoxy groups -OCH3 is 2. The van der Waals surface area contributed by atoms with Crippen LogP contribution in [0.1, 0.15) is 53.4 Å². The number of unbranched alkanes of at least 4 members (excludes halogenated alkanes) is 2. The van der Waals surface area contributed by atoms with Crippen LogP contribution in [-0.4, -0.2) is 53.7 Å². The first-order chi connectivity index (χ1) is 17.1. The second-order valence-corrected chi connectivity index (χ2v) is 8.77. The molecule has 1 aliphatic heterocycles. The highest BCUT2D eigenvalue weighted by Gasteiger charge is 2.30. The number of aryl methyl sites for hydroxylation is 1. The van der Waals surface area contributed by atoms with Crippen molar-refractivity contribution in [1.29, 1.82) is 0 Å². The average Bonchev–Trinajstić information content (AvgIpc) is 2.89. The first kappa shape index (κ1) is 24.5. The van der Waals surface area contributed by atoms with Gasteiger partial charge in [-0.3, -0.25) is 4.90 Å². The van der Waals surface area contributed by atoms with Crippen LogP contribution < -0.4 is 9.47 Å². The SMILES string of the molecule is COc1cc2c(cc1OC)C(c1ccccc1)N(CCCCCc1ccc(O)c(/C=N/O)n1)CC2. The Morgan fingerprint density at radius 3 is 2.54 bits per heavy atom. The first-order valence-corrected chi connectivity index (χ1v) is 12.0. The lowest BCUT2D eigenvalue weighted by Gasteiger charge is -2.38. The first-order valence-electron chi connectivity index (χ1n) is 12.0. The number of hydrogen-bond donors (Lipinski definition) is 2. The maximum atomic E-state index is 9.79. The Morgan fingerprint density at radius 2 is 1.80 bits per heavy atom. The molecule has 0 saturated heterocycles. The van der Waals surface area contributed by atoms with Crippen molar-refractivity contribution in [1.82, 2.24) is 9.88 Å². The molecule has 35 heavy (non-hydrogen) atoms. The third-order valence-corrected chi connectivity index (χ3v) is 6.61. The van der Waals surface area contributed by atoms with Gasteiger partial charge in [0.15, 0.2) is 11.5 Å². The van der Waals surface area contributed by atoms with E-state index < -0.39 is 0 Å². The van der Waals surface area contributed by atoms with Crippen molar-refractivity contribution in [3.05, 3.63) is 82.7 Å². The van der Waals surface area contributed by atoms with Crippen molar-refractivity contribution in [2.45, 2.75) is 38.1 Å². The van der Waals surface area contributed by atoms with Gasteiger partial charge < -0.3 is 19.8 Å². The van der Waals surface area contributed by atoms with Gasteiger partial charge in [-0.1, -0.05) is 41.9 Å². The van der Waals surface area contributed by atoms with E-state index in [1.807, 2.05) is 6.07 Å². The number of pyridine rings is 1. The van der Waals surface area contributed by atoms with Gasteiger partial charge in [-0.25, -0.2) is 4.98 Å². The van der Waals surface area contributed by atoms with Gasteiger partial charge in [0.2, 0.25) is 0 Å². The Morgan fingerprint density at radius 1 is 1.03 bits per heavy atom. The Hall–Kier alpha value is -3.58. The highest BCUT2D eigenvalue weighted by molar-refractivity contribution is 5.80. The predicted molar refractivity (Wildman–Crippen MR) is 136 cm³/mol. The van der Waals surface area contributed by atoms with Crippen molar-refractivity contribution < 1.29 is 19.8 Å². The number of hydrogen-bond acceptors (Lipinski definition) is 7. The number of ether oxygens (including phenoxy) is 2. The van der Waals surface area contributed by atoms with E-state index in [0.717, 1.165) is 68.6 Å². The monoisotopic (exact) mass is 475 g/mol. The molecule has 0 saturated carbocycles. The highest BCUT2D eigenvalue weighted by Crippen LogP contribution is 2.41. The molecule has 0 fully saturated rings. The summed E-state index contributed by atoms with van der Waals surface area (Å²) in [6, 6.07) is 18.5. The highest BCUT2D eigenvalue weighted by atomic mass is 16.5. The van der Waals surface area contributed by atoms with E-state index in [9.17, 15) is 5.11 Å². The molecule has 0 radical (unpaired) electrons. The summed E-state index contributed by atoms with van der Waals surface area (Å²) in [5.74, 6) is 1.56. The van der Waals surface area contributed by atoms with Gasteiger partial charge in [0.1, 0.15) is 11.4 Å². The van der Waals surface area contributed by atoms with Crippen molar-refractivity contribution in [2.24, 2.45) is 5.16 Å². The normalized spacial score (nSPS) is 15.8. The largest absolute Gasteiger partial charge is 0.506 e. The summed E-state index contributed by atoms with van der Waals surface area (Å²) >= 11 is 0. The van der Waals surface area contributed by atoms with E-state index in [0.29, 0.717) is 0 Å². The molecule has 184 valence electrons. The van der Waals surface area contributed by atoms with Gasteiger partial charge in [0.05, 0.1) is 26.5 Å². The molecule has 2 heterocycles. The van der Waals surface area contributed by atoms with Crippen molar-refractivity contribution >= 4 is 6.21 Å². The van der Waals surface area contributed by atoms with Crippen molar-refractivity contribution in [3.8, 4) is 17.2 Å². The van der Waals surface area contributed by atoms with Gasteiger partial charge in [0, 0.05) is 12.2 Å². The summed E-state index contributed by atoms with van der Waals surface area (Å²) in [6.07, 6.45) is 6.10. The fourth-order valence-corrected chi connectivity index (χ4v) is 4.86. The van der Waals surface area contributed by atoms with Gasteiger partial charge in [-0.05, 0) is 73.2 Å². The Bertz CT molecular complexity index is 1150. The van der Waals surface area contributed by atoms with Crippen LogP contribution in [0.2, 0.25) is 0 Å². The van der Waals surface area contributed by atoms with E-state index in [-0.39, 0.29) is 17.5 Å². The van der Waals surface area contributed by atoms with Crippen LogP contribution >= 0.6 is 0 Å². The number of benzene rings is 2. The molecule has 1 atom stereocenters. The van der Waals surface area contributed by atoms with E-state index in [2.05, 4.69) is 57.5 Å². The summed E-state index contributed by atoms with van der Waals surface area (Å²) in [4.78, 5) is 6.93. The quantitative estimate of drug-likeness (QED) is 0.186. The number of fused-ring (bicyclic) bond motifs is 1. The van der Waals surface area contributed by atoms with Gasteiger partial charge in [0.25, 0.3) is 0 Å². The topological polar surface area (TPSA) is 87.4 Å². The lowest BCUT2D eigenvalue weighted by atomic mass is 9.87. The minimum atomic E-state index is 0.0122. The van der Waals surface area contributed by atoms with E-state index in [1.54, 1.807) is 20.3 Å². The van der Waals surface area contributed by atoms with Crippen LogP contribution in [-0.2, 0) is 12.8 Å². The molecule has 7 nitrogen and oxygen atoms in total. The summed E-state index contributed by atoms with van der Waals surface area (Å²) in [6.45, 7) is 1.99. The minimum absolute atomic E-state index is 0.0122. The second kappa shape index (κ2) is 11.7. The summed E-state index contributed by atoms with van der Waals surface area (Å²) in [5, 5.41) is 21.5. The van der Waals surface area contributed by atoms with Crippen LogP contribution in [0.5, 0.6) is 17.2 Å². The van der Waals surface area contributed by atoms with E-state index in [4.69, 9.17) is 14.7 Å². The molecule has 7 heteroatoms. The van der Waals surface area contributed by atoms with Crippen molar-refractivity contribution in [3.63, 3.8) is 0 Å². The van der Waals surface area contributed by atoms with Gasteiger partial charge >= 0.3 is 0 Å². The zero-order chi connectivity index (χ0) is 24.6. The number of aromatic nitrogens is 1. The van der Waals surface area contributed by atoms with Gasteiger partial charge in [-0.2, -0.15) is 0 Å². The Balaban J connectivity index is 1.43. The Labute approximate surface area is 206 Å². The standard InChI is InChI=1S/C28H33N3O4/c1-34-26-17-21-14-16-31(28(20-9-5-3-6-10-20)23(21)18-27(26)35-2)15-8-4-7-11-22-12-13-25(32)24(30-22)19-29-33/h3,5-6,9-10,12-13,17-19,28,32-33H,4,7-8,11,14-16H2,1-2H3/b29-19+. The number of oxime groups is 1. The molecule has 4 rings (SSSR count). The molecule has 1 aromatic heterocycles. The predicted octanol–water partition coefficient (Wildman–Crippen LogP) is 4.97. The van der Waals surface area contributed by atoms with E-state index in [1.165, 1.54) is 16.7 Å². The fourth-order valence-electron chi connectivity index (χ4n) is 4.86. The molecular formula is C28H33N3O4. The fraction of sp³-hybridized carbons (Fsp3) is 0.357. The molecule has 3 aromatic rings. The molecule has 1 aliphatic rings. The molecule has 0 aliphatic carbocycles. The second-order valence-electron chi connectivity index (χ2n) is 8.77. The third-order valence-electron chi connectivity index (χ3n) is 6.61. The average molecular weight is 476 g/mol. The van der Waals surface area contributed by atoms with Crippen molar-refractivity contribution in [2.75, 3.05) is 27.3 Å². The summed E-state index contributed by atoms with van der Waals surface area (Å²) < 4.78 is 11.2. The molecule has 1 unspecified atom stereocenters. The zero-order valence-corrected chi connectivity index (χ0v) is 20.4. The number of aromatic hydroxyl groups is 1. The smallest absolute Gasteiger partial charge is 0.161 e. The lowest BCUT2D eigenvalue weighted by Crippen LogP contribution is -2.36. The van der Waals surface area contributed by atoms with Gasteiger partial charge in [-0.15, -0.1) is 0 Å². The lowest BCUT2D eigenvalue weighted by molar-refractivity contribution is 0.207. The van der Waals surface area contributed by atoms with E-state index >= 15 is 0 Å². The maximum absolute atomic E-state index is 9.79. The molecule has 2 aromatic carbocycles. The molecule has 2 N–H and O–H groups in total. The molecule has 0 spiro atoms. The number of nitrogens with zero attached hydrogens (tertiary/aromatic N) is 3. The zero-order valence-electron chi connectivity index (χ0n) is 20.4. The molecule has 0 bridgehead atoms. The maximum Gasteiger partial charge on any atom is 0.161 e. The van der Waals surface area contributed by atoms with Crippen LogP contribution in [0.4, 0.5) is 0 Å². The van der Waals surface area contributed by atoms with Crippen LogP contribution in [0.15, 0.2) is 59.8 Å². The van der Waals surface area contributed by atoms with Crippen LogP contribution in [0, 0.1) is 0 Å². The molecular weight excluding hydrogens is 442 g/mol. The van der Waals surface area contributed by atoms with Crippen LogP contribution in [0.25, 0.3) is 0 Å². The van der Waals surface area contributed by atoms with Crippen LogP contribution in [0.3, 0.4) is 0 Å².